The van der Waals surface area contributed by atoms with Crippen LogP contribution in [0.5, 0.6) is 11.5 Å². The molecule has 25 heavy (non-hydrogen) atoms. The zero-order valence-electron chi connectivity index (χ0n) is 16.9. The minimum absolute atomic E-state index is 0.242. The van der Waals surface area contributed by atoms with Crippen molar-refractivity contribution in [2.24, 2.45) is 0 Å². The number of hydrogen-bond acceptors (Lipinski definition) is 2. The third kappa shape index (κ3) is 3.53. The van der Waals surface area contributed by atoms with Gasteiger partial charge in [0.25, 0.3) is 0 Å². The van der Waals surface area contributed by atoms with Gasteiger partial charge in [-0.15, -0.1) is 0 Å². The second kappa shape index (κ2) is 6.74. The number of aryl methyl sites for hydroxylation is 2. The SMILES string of the molecule is Cc1cc(C(C)C)c(O)c(C(C)(C)c2cc(C)cc(C(C)C)c2O)c1. The fourth-order valence-corrected chi connectivity index (χ4v) is 3.59. The quantitative estimate of drug-likeness (QED) is 0.687. The van der Waals surface area contributed by atoms with Crippen LogP contribution in [0.1, 0.15) is 86.8 Å². The molecule has 0 amide bonds. The van der Waals surface area contributed by atoms with E-state index in [1.165, 1.54) is 0 Å². The molecule has 0 aliphatic heterocycles. The lowest BCUT2D eigenvalue weighted by molar-refractivity contribution is 0.425. The van der Waals surface area contributed by atoms with Crippen molar-refractivity contribution in [3.05, 3.63) is 57.6 Å². The van der Waals surface area contributed by atoms with Crippen molar-refractivity contribution in [1.29, 1.82) is 0 Å². The van der Waals surface area contributed by atoms with E-state index in [-0.39, 0.29) is 11.8 Å². The van der Waals surface area contributed by atoms with Gasteiger partial charge in [-0.25, -0.2) is 0 Å². The van der Waals surface area contributed by atoms with E-state index in [0.29, 0.717) is 11.5 Å². The van der Waals surface area contributed by atoms with Gasteiger partial charge in [0, 0.05) is 16.5 Å². The first kappa shape index (κ1) is 19.4. The molecule has 2 nitrogen and oxygen atoms in total. The Morgan fingerprint density at radius 1 is 0.680 bits per heavy atom. The van der Waals surface area contributed by atoms with Gasteiger partial charge in [-0.05, 0) is 36.8 Å². The molecule has 0 fully saturated rings. The third-order valence-corrected chi connectivity index (χ3v) is 5.16. The summed E-state index contributed by atoms with van der Waals surface area (Å²) in [6.07, 6.45) is 0. The Bertz CT molecular complexity index is 718. The summed E-state index contributed by atoms with van der Waals surface area (Å²) in [5.74, 6) is 1.17. The van der Waals surface area contributed by atoms with E-state index in [0.717, 1.165) is 33.4 Å². The van der Waals surface area contributed by atoms with Gasteiger partial charge in [-0.1, -0.05) is 76.9 Å². The summed E-state index contributed by atoms with van der Waals surface area (Å²) in [5, 5.41) is 21.9. The van der Waals surface area contributed by atoms with Gasteiger partial charge in [-0.3, -0.25) is 0 Å². The molecule has 0 saturated heterocycles. The Balaban J connectivity index is 2.76. The van der Waals surface area contributed by atoms with E-state index in [4.69, 9.17) is 0 Å². The van der Waals surface area contributed by atoms with E-state index in [2.05, 4.69) is 67.5 Å². The van der Waals surface area contributed by atoms with Crippen molar-refractivity contribution in [2.45, 2.75) is 72.6 Å². The van der Waals surface area contributed by atoms with Crippen molar-refractivity contribution in [3.8, 4) is 11.5 Å². The Labute approximate surface area is 152 Å². The molecule has 2 heteroatoms. The maximum atomic E-state index is 10.9. The fourth-order valence-electron chi connectivity index (χ4n) is 3.59. The second-order valence-electron chi connectivity index (χ2n) is 8.44. The first-order valence-corrected chi connectivity index (χ1v) is 9.14. The molecule has 0 saturated carbocycles. The lowest BCUT2D eigenvalue weighted by atomic mass is 9.74. The Morgan fingerprint density at radius 2 is 1.00 bits per heavy atom. The minimum Gasteiger partial charge on any atom is -0.507 e. The Morgan fingerprint density at radius 3 is 1.28 bits per heavy atom. The normalized spacial score (nSPS) is 12.2. The minimum atomic E-state index is -0.501. The van der Waals surface area contributed by atoms with Crippen LogP contribution in [-0.2, 0) is 5.41 Å². The molecule has 2 aromatic carbocycles. The van der Waals surface area contributed by atoms with Crippen LogP contribution in [0.4, 0.5) is 0 Å². The zero-order valence-corrected chi connectivity index (χ0v) is 16.9. The van der Waals surface area contributed by atoms with Gasteiger partial charge in [0.15, 0.2) is 0 Å². The summed E-state index contributed by atoms with van der Waals surface area (Å²) < 4.78 is 0. The molecule has 0 radical (unpaired) electrons. The Hall–Kier alpha value is -1.96. The van der Waals surface area contributed by atoms with Crippen LogP contribution in [0.25, 0.3) is 0 Å². The van der Waals surface area contributed by atoms with Crippen molar-refractivity contribution >= 4 is 0 Å². The van der Waals surface area contributed by atoms with Gasteiger partial charge < -0.3 is 10.2 Å². The highest BCUT2D eigenvalue weighted by atomic mass is 16.3. The zero-order chi connectivity index (χ0) is 19.1. The summed E-state index contributed by atoms with van der Waals surface area (Å²) in [6, 6.07) is 8.18. The fraction of sp³-hybridized carbons (Fsp3) is 0.478. The van der Waals surface area contributed by atoms with Crippen molar-refractivity contribution < 1.29 is 10.2 Å². The monoisotopic (exact) mass is 340 g/mol. The van der Waals surface area contributed by atoms with Crippen LogP contribution in [0.2, 0.25) is 0 Å². The molecule has 0 aliphatic rings. The topological polar surface area (TPSA) is 40.5 Å². The van der Waals surface area contributed by atoms with E-state index in [1.54, 1.807) is 0 Å². The van der Waals surface area contributed by atoms with Crippen molar-refractivity contribution in [1.82, 2.24) is 0 Å². The largest absolute Gasteiger partial charge is 0.507 e. The molecule has 0 spiro atoms. The highest BCUT2D eigenvalue weighted by Gasteiger charge is 2.32. The van der Waals surface area contributed by atoms with Crippen LogP contribution in [0, 0.1) is 13.8 Å². The molecule has 2 rings (SSSR count). The molecule has 2 N–H and O–H groups in total. The molecule has 0 aliphatic carbocycles. The first-order chi connectivity index (χ1) is 11.5. The first-order valence-electron chi connectivity index (χ1n) is 9.14. The molecule has 0 heterocycles. The summed E-state index contributed by atoms with van der Waals surface area (Å²) in [6.45, 7) is 16.6. The lowest BCUT2D eigenvalue weighted by Crippen LogP contribution is -2.21. The second-order valence-corrected chi connectivity index (χ2v) is 8.44. The molecule has 0 unspecified atom stereocenters. The summed E-state index contributed by atoms with van der Waals surface area (Å²) >= 11 is 0. The molecule has 0 atom stereocenters. The van der Waals surface area contributed by atoms with Crippen molar-refractivity contribution in [3.63, 3.8) is 0 Å². The van der Waals surface area contributed by atoms with E-state index < -0.39 is 5.41 Å². The van der Waals surface area contributed by atoms with Gasteiger partial charge in [0.1, 0.15) is 11.5 Å². The van der Waals surface area contributed by atoms with Gasteiger partial charge in [0.2, 0.25) is 0 Å². The highest BCUT2D eigenvalue weighted by Crippen LogP contribution is 2.45. The summed E-state index contributed by atoms with van der Waals surface area (Å²) in [4.78, 5) is 0. The highest BCUT2D eigenvalue weighted by molar-refractivity contribution is 5.57. The number of aromatic hydroxyl groups is 2. The average molecular weight is 341 g/mol. The lowest BCUT2D eigenvalue weighted by Gasteiger charge is -2.31. The predicted octanol–water partition coefficient (Wildman–Crippen LogP) is 6.29. The molecular weight excluding hydrogens is 308 g/mol. The van der Waals surface area contributed by atoms with Gasteiger partial charge in [-0.2, -0.15) is 0 Å². The average Bonchev–Trinajstić information content (AvgIpc) is 2.50. The van der Waals surface area contributed by atoms with Crippen LogP contribution >= 0.6 is 0 Å². The number of phenolic OH excluding ortho intramolecular Hbond substituents is 2. The van der Waals surface area contributed by atoms with Crippen molar-refractivity contribution in [2.75, 3.05) is 0 Å². The third-order valence-electron chi connectivity index (χ3n) is 5.16. The van der Waals surface area contributed by atoms with Crippen LogP contribution < -0.4 is 0 Å². The van der Waals surface area contributed by atoms with Gasteiger partial charge in [0.05, 0.1) is 0 Å². The van der Waals surface area contributed by atoms with Gasteiger partial charge >= 0.3 is 0 Å². The standard InChI is InChI=1S/C23H32O2/c1-13(2)17-9-15(5)11-19(21(17)24)23(7,8)20-12-16(6)10-18(14(3)4)22(20)25/h9-14,24-25H,1-8H3. The summed E-state index contributed by atoms with van der Waals surface area (Å²) in [5.41, 5.74) is 5.40. The van der Waals surface area contributed by atoms with Crippen LogP contribution in [-0.4, -0.2) is 10.2 Å². The predicted molar refractivity (Wildman–Crippen MR) is 106 cm³/mol. The smallest absolute Gasteiger partial charge is 0.123 e. The maximum absolute atomic E-state index is 10.9. The Kier molecular flexibility index (Phi) is 5.22. The van der Waals surface area contributed by atoms with Crippen LogP contribution in [0.3, 0.4) is 0 Å². The van der Waals surface area contributed by atoms with Crippen LogP contribution in [0.15, 0.2) is 24.3 Å². The molecule has 136 valence electrons. The molecular formula is C23H32O2. The summed E-state index contributed by atoms with van der Waals surface area (Å²) in [7, 11) is 0. The van der Waals surface area contributed by atoms with E-state index in [1.807, 2.05) is 12.1 Å². The molecule has 2 aromatic rings. The number of hydrogen-bond donors (Lipinski definition) is 2. The number of benzene rings is 2. The van der Waals surface area contributed by atoms with E-state index in [9.17, 15) is 10.2 Å². The van der Waals surface area contributed by atoms with E-state index >= 15 is 0 Å². The maximum Gasteiger partial charge on any atom is 0.123 e. The molecule has 0 bridgehead atoms. The molecule has 0 aromatic heterocycles. The number of rotatable bonds is 4. The number of phenols is 2.